The van der Waals surface area contributed by atoms with Crippen molar-refractivity contribution in [2.45, 2.75) is 13.0 Å². The Kier molecular flexibility index (Phi) is 4.41. The number of aromatic amines is 1. The average molecular weight is 385 g/mol. The van der Waals surface area contributed by atoms with Crippen molar-refractivity contribution in [1.82, 2.24) is 20.3 Å². The van der Waals surface area contributed by atoms with Crippen molar-refractivity contribution in [1.29, 1.82) is 0 Å². The molecule has 5 rings (SSSR count). The first-order valence-electron chi connectivity index (χ1n) is 9.80. The molecule has 0 saturated heterocycles. The van der Waals surface area contributed by atoms with Crippen molar-refractivity contribution in [2.75, 3.05) is 25.5 Å². The smallest absolute Gasteiger partial charge is 0.226 e. The summed E-state index contributed by atoms with van der Waals surface area (Å²) >= 11 is 0. The minimum Gasteiger partial charge on any atom is -0.436 e. The first-order chi connectivity index (χ1) is 14.2. The minimum absolute atomic E-state index is 0.617. The maximum absolute atomic E-state index is 6.01. The Balaban J connectivity index is 1.37. The van der Waals surface area contributed by atoms with Gasteiger partial charge in [0, 0.05) is 56.0 Å². The summed E-state index contributed by atoms with van der Waals surface area (Å²) in [5.74, 6) is 2.30. The molecule has 146 valence electrons. The van der Waals surface area contributed by atoms with Gasteiger partial charge in [-0.1, -0.05) is 12.1 Å². The zero-order chi connectivity index (χ0) is 19.8. The highest BCUT2D eigenvalue weighted by molar-refractivity contribution is 5.66. The van der Waals surface area contributed by atoms with E-state index in [1.165, 1.54) is 11.4 Å². The molecular weight excluding hydrogens is 362 g/mol. The minimum atomic E-state index is 0.617. The molecule has 6 nitrogen and oxygen atoms in total. The molecular formula is C23H23N5O. The predicted molar refractivity (Wildman–Crippen MR) is 115 cm³/mol. The predicted octanol–water partition coefficient (Wildman–Crippen LogP) is 4.11. The number of fused-ring (bicyclic) bond motifs is 1. The van der Waals surface area contributed by atoms with Crippen molar-refractivity contribution >= 4 is 5.69 Å². The topological polar surface area (TPSA) is 70.0 Å². The maximum Gasteiger partial charge on any atom is 0.226 e. The van der Waals surface area contributed by atoms with Gasteiger partial charge in [0.1, 0.15) is 5.82 Å². The molecule has 0 fully saturated rings. The van der Waals surface area contributed by atoms with Crippen molar-refractivity contribution in [2.24, 2.45) is 0 Å². The summed E-state index contributed by atoms with van der Waals surface area (Å²) in [6, 6.07) is 16.4. The number of anilines is 1. The Bertz CT molecular complexity index is 1100. The molecule has 0 unspecified atom stereocenters. The van der Waals surface area contributed by atoms with Crippen LogP contribution in [0.3, 0.4) is 0 Å². The molecule has 2 N–H and O–H groups in total. The third kappa shape index (κ3) is 3.43. The lowest BCUT2D eigenvalue weighted by Gasteiger charge is -2.11. The molecule has 2 aromatic carbocycles. The molecule has 4 aromatic rings. The van der Waals surface area contributed by atoms with Crippen LogP contribution in [-0.2, 0) is 13.0 Å². The quantitative estimate of drug-likeness (QED) is 0.553. The van der Waals surface area contributed by atoms with Gasteiger partial charge in [-0.05, 0) is 36.4 Å². The van der Waals surface area contributed by atoms with Crippen LogP contribution in [0.1, 0.15) is 11.4 Å². The molecule has 1 aliphatic rings. The van der Waals surface area contributed by atoms with E-state index in [2.05, 4.69) is 56.6 Å². The Morgan fingerprint density at radius 2 is 1.66 bits per heavy atom. The van der Waals surface area contributed by atoms with Crippen LogP contribution in [0.4, 0.5) is 5.69 Å². The summed E-state index contributed by atoms with van der Waals surface area (Å²) < 4.78 is 6.01. The van der Waals surface area contributed by atoms with Gasteiger partial charge >= 0.3 is 0 Å². The van der Waals surface area contributed by atoms with Gasteiger partial charge in [0.25, 0.3) is 0 Å². The van der Waals surface area contributed by atoms with E-state index >= 15 is 0 Å². The molecule has 0 saturated carbocycles. The lowest BCUT2D eigenvalue weighted by Crippen LogP contribution is -2.23. The van der Waals surface area contributed by atoms with Gasteiger partial charge in [0.2, 0.25) is 5.89 Å². The Labute approximate surface area is 169 Å². The van der Waals surface area contributed by atoms with E-state index < -0.39 is 0 Å². The molecule has 2 aromatic heterocycles. The molecule has 0 radical (unpaired) electrons. The number of H-pyrrole nitrogens is 1. The van der Waals surface area contributed by atoms with Crippen LogP contribution in [0, 0.1) is 0 Å². The van der Waals surface area contributed by atoms with Gasteiger partial charge in [-0.2, -0.15) is 0 Å². The van der Waals surface area contributed by atoms with Gasteiger partial charge in [0.05, 0.1) is 17.6 Å². The van der Waals surface area contributed by atoms with Crippen LogP contribution < -0.4 is 10.2 Å². The molecule has 0 aliphatic carbocycles. The number of hydrogen-bond donors (Lipinski definition) is 2. The van der Waals surface area contributed by atoms with E-state index in [1.807, 2.05) is 26.2 Å². The molecule has 6 heteroatoms. The van der Waals surface area contributed by atoms with E-state index in [1.54, 1.807) is 6.20 Å². The second kappa shape index (κ2) is 7.22. The number of aromatic nitrogens is 3. The summed E-state index contributed by atoms with van der Waals surface area (Å²) in [7, 11) is 4.06. The number of imidazole rings is 1. The number of hydrogen-bond acceptors (Lipinski definition) is 5. The van der Waals surface area contributed by atoms with E-state index in [4.69, 9.17) is 9.40 Å². The fourth-order valence-electron chi connectivity index (χ4n) is 3.59. The fraction of sp³-hybridized carbons (Fsp3) is 0.217. The molecule has 0 amide bonds. The van der Waals surface area contributed by atoms with E-state index in [-0.39, 0.29) is 0 Å². The zero-order valence-corrected chi connectivity index (χ0v) is 16.6. The standard InChI is InChI=1S/C23H23N5O/c1-28(2)18-9-7-15(8-10-18)21-14-25-23(29-21)17-5-3-16(4-6-17)22-26-19-11-12-24-13-20(19)27-22/h3-10,14,24H,11-13H2,1-2H3,(H,26,27). The van der Waals surface area contributed by atoms with Crippen LogP contribution in [0.2, 0.25) is 0 Å². The molecule has 0 atom stereocenters. The summed E-state index contributed by atoms with van der Waals surface area (Å²) in [4.78, 5) is 14.7. The van der Waals surface area contributed by atoms with E-state index in [0.717, 1.165) is 53.5 Å². The van der Waals surface area contributed by atoms with Gasteiger partial charge in [-0.25, -0.2) is 9.97 Å². The summed E-state index contributed by atoms with van der Waals surface area (Å²) in [6.07, 6.45) is 2.75. The van der Waals surface area contributed by atoms with Gasteiger partial charge in [0.15, 0.2) is 5.76 Å². The molecule has 29 heavy (non-hydrogen) atoms. The molecule has 1 aliphatic heterocycles. The number of nitrogens with one attached hydrogen (secondary N) is 2. The normalized spacial score (nSPS) is 13.3. The molecule has 0 spiro atoms. The maximum atomic E-state index is 6.01. The monoisotopic (exact) mass is 385 g/mol. The summed E-state index contributed by atoms with van der Waals surface area (Å²) in [5.41, 5.74) is 6.53. The first-order valence-corrected chi connectivity index (χ1v) is 9.80. The van der Waals surface area contributed by atoms with E-state index in [0.29, 0.717) is 5.89 Å². The van der Waals surface area contributed by atoms with Crippen LogP contribution in [0.15, 0.2) is 59.1 Å². The third-order valence-corrected chi connectivity index (χ3v) is 5.28. The SMILES string of the molecule is CN(C)c1ccc(-c2cnc(-c3ccc(-c4nc5c([nH]4)CNCC5)cc3)o2)cc1. The van der Waals surface area contributed by atoms with Crippen LogP contribution >= 0.6 is 0 Å². The van der Waals surface area contributed by atoms with Crippen LogP contribution in [-0.4, -0.2) is 35.6 Å². The third-order valence-electron chi connectivity index (χ3n) is 5.28. The van der Waals surface area contributed by atoms with Crippen molar-refractivity contribution in [3.63, 3.8) is 0 Å². The lowest BCUT2D eigenvalue weighted by atomic mass is 10.1. The highest BCUT2D eigenvalue weighted by Crippen LogP contribution is 2.29. The van der Waals surface area contributed by atoms with Crippen LogP contribution in [0.25, 0.3) is 34.2 Å². The molecule has 0 bridgehead atoms. The number of nitrogens with zero attached hydrogens (tertiary/aromatic N) is 3. The lowest BCUT2D eigenvalue weighted by molar-refractivity contribution is 0.589. The van der Waals surface area contributed by atoms with Crippen LogP contribution in [0.5, 0.6) is 0 Å². The Morgan fingerprint density at radius 3 is 2.38 bits per heavy atom. The fourth-order valence-corrected chi connectivity index (χ4v) is 3.59. The van der Waals surface area contributed by atoms with Crippen molar-refractivity contribution in [3.05, 3.63) is 66.1 Å². The van der Waals surface area contributed by atoms with Gasteiger partial charge < -0.3 is 19.6 Å². The number of rotatable bonds is 4. The number of benzene rings is 2. The summed E-state index contributed by atoms with van der Waals surface area (Å²) in [5, 5.41) is 3.37. The number of oxazole rings is 1. The highest BCUT2D eigenvalue weighted by Gasteiger charge is 2.15. The van der Waals surface area contributed by atoms with Gasteiger partial charge in [-0.15, -0.1) is 0 Å². The second-order valence-electron chi connectivity index (χ2n) is 7.49. The first kappa shape index (κ1) is 17.7. The largest absolute Gasteiger partial charge is 0.436 e. The van der Waals surface area contributed by atoms with Gasteiger partial charge in [-0.3, -0.25) is 0 Å². The average Bonchev–Trinajstić information content (AvgIpc) is 3.41. The Hall–Kier alpha value is -3.38. The summed E-state index contributed by atoms with van der Waals surface area (Å²) in [6.45, 7) is 1.84. The highest BCUT2D eigenvalue weighted by atomic mass is 16.4. The Morgan fingerprint density at radius 1 is 0.931 bits per heavy atom. The second-order valence-corrected chi connectivity index (χ2v) is 7.49. The van der Waals surface area contributed by atoms with E-state index in [9.17, 15) is 0 Å². The zero-order valence-electron chi connectivity index (χ0n) is 16.6. The van der Waals surface area contributed by atoms with Crippen molar-refractivity contribution < 1.29 is 4.42 Å². The van der Waals surface area contributed by atoms with Crippen molar-refractivity contribution in [3.8, 4) is 34.2 Å². The molecule has 3 heterocycles.